The van der Waals surface area contributed by atoms with Crippen LogP contribution in [0, 0.1) is 0 Å². The van der Waals surface area contributed by atoms with Crippen LogP contribution in [0.1, 0.15) is 57.4 Å². The number of hydrogen-bond donors (Lipinski definition) is 1. The molecular formula is C20H30N2O2S. The minimum Gasteiger partial charge on any atom is -0.342 e. The average molecular weight is 363 g/mol. The average Bonchev–Trinajstić information content (AvgIpc) is 2.62. The SMILES string of the molecule is CC(C)c1ccc(NC(=O)CSCC(=O)N(C)C2CCCCC2)cc1. The van der Waals surface area contributed by atoms with Crippen molar-refractivity contribution in [3.05, 3.63) is 29.8 Å². The van der Waals surface area contributed by atoms with Crippen molar-refractivity contribution in [3.8, 4) is 0 Å². The highest BCUT2D eigenvalue weighted by Gasteiger charge is 2.21. The molecule has 1 N–H and O–H groups in total. The van der Waals surface area contributed by atoms with Gasteiger partial charge in [0.1, 0.15) is 0 Å². The van der Waals surface area contributed by atoms with Gasteiger partial charge in [-0.1, -0.05) is 45.2 Å². The van der Waals surface area contributed by atoms with Crippen molar-refractivity contribution in [1.82, 2.24) is 4.90 Å². The second-order valence-corrected chi connectivity index (χ2v) is 8.10. The summed E-state index contributed by atoms with van der Waals surface area (Å²) in [5, 5.41) is 2.89. The molecule has 138 valence electrons. The van der Waals surface area contributed by atoms with E-state index in [0.717, 1.165) is 18.5 Å². The summed E-state index contributed by atoms with van der Waals surface area (Å²) in [4.78, 5) is 26.2. The van der Waals surface area contributed by atoms with Gasteiger partial charge in [0.05, 0.1) is 11.5 Å². The Bertz CT molecular complexity index is 566. The number of hydrogen-bond acceptors (Lipinski definition) is 3. The zero-order chi connectivity index (χ0) is 18.2. The Morgan fingerprint density at radius 2 is 1.76 bits per heavy atom. The predicted octanol–water partition coefficient (Wildman–Crippen LogP) is 4.27. The van der Waals surface area contributed by atoms with E-state index in [4.69, 9.17) is 0 Å². The minimum atomic E-state index is -0.0598. The molecule has 0 saturated heterocycles. The van der Waals surface area contributed by atoms with Crippen LogP contribution in [0.4, 0.5) is 5.69 Å². The molecule has 5 heteroatoms. The molecule has 1 aromatic carbocycles. The van der Waals surface area contributed by atoms with E-state index in [1.54, 1.807) is 0 Å². The van der Waals surface area contributed by atoms with Crippen LogP contribution in [0.3, 0.4) is 0 Å². The van der Waals surface area contributed by atoms with Gasteiger partial charge in [0.2, 0.25) is 11.8 Å². The van der Waals surface area contributed by atoms with E-state index in [1.165, 1.54) is 36.6 Å². The van der Waals surface area contributed by atoms with Crippen LogP contribution in [0.2, 0.25) is 0 Å². The Morgan fingerprint density at radius 3 is 2.36 bits per heavy atom. The van der Waals surface area contributed by atoms with Crippen LogP contribution in [-0.4, -0.2) is 41.3 Å². The molecule has 0 unspecified atom stereocenters. The van der Waals surface area contributed by atoms with Crippen molar-refractivity contribution in [1.29, 1.82) is 0 Å². The monoisotopic (exact) mass is 362 g/mol. The Labute approximate surface area is 155 Å². The van der Waals surface area contributed by atoms with Crippen molar-refractivity contribution >= 4 is 29.3 Å². The van der Waals surface area contributed by atoms with E-state index in [1.807, 2.05) is 36.2 Å². The maximum Gasteiger partial charge on any atom is 0.234 e. The Balaban J connectivity index is 1.69. The molecule has 4 nitrogen and oxygen atoms in total. The largest absolute Gasteiger partial charge is 0.342 e. The molecule has 1 aliphatic carbocycles. The van der Waals surface area contributed by atoms with E-state index < -0.39 is 0 Å². The van der Waals surface area contributed by atoms with Gasteiger partial charge in [0.15, 0.2) is 0 Å². The quantitative estimate of drug-likeness (QED) is 0.788. The summed E-state index contributed by atoms with van der Waals surface area (Å²) >= 11 is 1.39. The molecule has 0 heterocycles. The standard InChI is InChI=1S/C20H30N2O2S/c1-15(2)16-9-11-17(12-10-16)21-19(23)13-25-14-20(24)22(3)18-7-5-4-6-8-18/h9-12,15,18H,4-8,13-14H2,1-3H3,(H,21,23). The lowest BCUT2D eigenvalue weighted by Gasteiger charge is -2.31. The van der Waals surface area contributed by atoms with E-state index in [9.17, 15) is 9.59 Å². The summed E-state index contributed by atoms with van der Waals surface area (Å²) in [7, 11) is 1.90. The molecule has 2 rings (SSSR count). The Hall–Kier alpha value is -1.49. The number of carbonyl (C=O) groups is 2. The maximum absolute atomic E-state index is 12.3. The van der Waals surface area contributed by atoms with Crippen LogP contribution in [0.5, 0.6) is 0 Å². The first kappa shape index (κ1) is 19.8. The number of thioether (sulfide) groups is 1. The summed E-state index contributed by atoms with van der Waals surface area (Å²) in [5.74, 6) is 1.22. The van der Waals surface area contributed by atoms with Crippen molar-refractivity contribution < 1.29 is 9.59 Å². The van der Waals surface area contributed by atoms with Gasteiger partial charge in [-0.3, -0.25) is 9.59 Å². The molecule has 1 aliphatic rings. The third kappa shape index (κ3) is 6.38. The van der Waals surface area contributed by atoms with Gasteiger partial charge in [-0.2, -0.15) is 0 Å². The number of amides is 2. The first-order chi connectivity index (χ1) is 12.0. The fourth-order valence-electron chi connectivity index (χ4n) is 3.15. The maximum atomic E-state index is 12.3. The number of rotatable bonds is 7. The fourth-order valence-corrected chi connectivity index (χ4v) is 3.89. The molecule has 0 aliphatic heterocycles. The van der Waals surface area contributed by atoms with Gasteiger partial charge >= 0.3 is 0 Å². The van der Waals surface area contributed by atoms with E-state index in [0.29, 0.717) is 23.5 Å². The zero-order valence-electron chi connectivity index (χ0n) is 15.6. The summed E-state index contributed by atoms with van der Waals surface area (Å²) in [6.07, 6.45) is 5.94. The predicted molar refractivity (Wildman–Crippen MR) is 106 cm³/mol. The zero-order valence-corrected chi connectivity index (χ0v) is 16.4. The topological polar surface area (TPSA) is 49.4 Å². The summed E-state index contributed by atoms with van der Waals surface area (Å²) < 4.78 is 0. The molecule has 1 aromatic rings. The molecule has 0 atom stereocenters. The smallest absolute Gasteiger partial charge is 0.234 e. The highest BCUT2D eigenvalue weighted by molar-refractivity contribution is 8.00. The highest BCUT2D eigenvalue weighted by Crippen LogP contribution is 2.22. The number of benzene rings is 1. The number of nitrogens with one attached hydrogen (secondary N) is 1. The lowest BCUT2D eigenvalue weighted by atomic mass is 9.94. The first-order valence-electron chi connectivity index (χ1n) is 9.20. The first-order valence-corrected chi connectivity index (χ1v) is 10.4. The molecule has 1 saturated carbocycles. The molecule has 25 heavy (non-hydrogen) atoms. The van der Waals surface area contributed by atoms with Crippen LogP contribution in [-0.2, 0) is 9.59 Å². The number of nitrogens with zero attached hydrogens (tertiary/aromatic N) is 1. The van der Waals surface area contributed by atoms with Crippen molar-refractivity contribution in [2.24, 2.45) is 0 Å². The third-order valence-electron chi connectivity index (χ3n) is 4.84. The Morgan fingerprint density at radius 1 is 1.12 bits per heavy atom. The molecule has 0 spiro atoms. The molecule has 0 aromatic heterocycles. The molecular weight excluding hydrogens is 332 g/mol. The number of carbonyl (C=O) groups excluding carboxylic acids is 2. The van der Waals surface area contributed by atoms with Gasteiger partial charge in [0, 0.05) is 18.8 Å². The second kappa shape index (κ2) is 9.85. The van der Waals surface area contributed by atoms with Crippen LogP contribution in [0.15, 0.2) is 24.3 Å². The van der Waals surface area contributed by atoms with Gasteiger partial charge in [0.25, 0.3) is 0 Å². The summed E-state index contributed by atoms with van der Waals surface area (Å²) in [6.45, 7) is 4.29. The minimum absolute atomic E-state index is 0.0598. The number of anilines is 1. The van der Waals surface area contributed by atoms with Gasteiger partial charge < -0.3 is 10.2 Å². The fraction of sp³-hybridized carbons (Fsp3) is 0.600. The second-order valence-electron chi connectivity index (χ2n) is 7.11. The van der Waals surface area contributed by atoms with Crippen molar-refractivity contribution in [2.45, 2.75) is 57.9 Å². The summed E-state index contributed by atoms with van der Waals surface area (Å²) in [5.41, 5.74) is 2.06. The Kier molecular flexibility index (Phi) is 7.82. The molecule has 1 fully saturated rings. The molecule has 0 bridgehead atoms. The van der Waals surface area contributed by atoms with Crippen molar-refractivity contribution in [2.75, 3.05) is 23.9 Å². The van der Waals surface area contributed by atoms with Gasteiger partial charge in [-0.25, -0.2) is 0 Å². The third-order valence-corrected chi connectivity index (χ3v) is 5.75. The van der Waals surface area contributed by atoms with Gasteiger partial charge in [-0.05, 0) is 36.5 Å². The van der Waals surface area contributed by atoms with E-state index in [2.05, 4.69) is 19.2 Å². The van der Waals surface area contributed by atoms with Gasteiger partial charge in [-0.15, -0.1) is 11.8 Å². The summed E-state index contributed by atoms with van der Waals surface area (Å²) in [6, 6.07) is 8.32. The normalized spacial score (nSPS) is 15.2. The van der Waals surface area contributed by atoms with E-state index >= 15 is 0 Å². The lowest BCUT2D eigenvalue weighted by Crippen LogP contribution is -2.39. The highest BCUT2D eigenvalue weighted by atomic mass is 32.2. The molecule has 2 amide bonds. The van der Waals surface area contributed by atoms with Crippen molar-refractivity contribution in [3.63, 3.8) is 0 Å². The van der Waals surface area contributed by atoms with Crippen LogP contribution >= 0.6 is 11.8 Å². The van der Waals surface area contributed by atoms with E-state index in [-0.39, 0.29) is 11.8 Å². The van der Waals surface area contributed by atoms with Crippen LogP contribution < -0.4 is 5.32 Å². The molecule has 0 radical (unpaired) electrons. The van der Waals surface area contributed by atoms with Crippen LogP contribution in [0.25, 0.3) is 0 Å². The lowest BCUT2D eigenvalue weighted by molar-refractivity contribution is -0.129.